The fourth-order valence-corrected chi connectivity index (χ4v) is 9.48. The van der Waals surface area contributed by atoms with Crippen LogP contribution in [0.25, 0.3) is 22.3 Å². The van der Waals surface area contributed by atoms with Crippen LogP contribution in [0, 0.1) is 0 Å². The summed E-state index contributed by atoms with van der Waals surface area (Å²) in [4.78, 5) is 5.17. The minimum atomic E-state index is -0.525. The zero-order valence-corrected chi connectivity index (χ0v) is 28.5. The van der Waals surface area contributed by atoms with Crippen molar-refractivity contribution >= 4 is 46.2 Å². The second-order valence-electron chi connectivity index (χ2n) is 14.0. The Bertz CT molecular complexity index is 2600. The van der Waals surface area contributed by atoms with Gasteiger partial charge in [0.15, 0.2) is 0 Å². The van der Waals surface area contributed by atoms with E-state index in [1.807, 2.05) is 0 Å². The molecule has 242 valence electrons. The Morgan fingerprint density at radius 2 is 0.981 bits per heavy atom. The molecule has 3 aliphatic rings. The predicted molar refractivity (Wildman–Crippen MR) is 217 cm³/mol. The van der Waals surface area contributed by atoms with E-state index < -0.39 is 5.41 Å². The molecule has 0 unspecified atom stereocenters. The van der Waals surface area contributed by atoms with Crippen molar-refractivity contribution in [3.63, 3.8) is 0 Å². The van der Waals surface area contributed by atoms with E-state index in [1.54, 1.807) is 0 Å². The largest absolute Gasteiger partial charge is 0.376 e. The summed E-state index contributed by atoms with van der Waals surface area (Å²) in [6, 6.07) is 74.1. The molecule has 3 heteroatoms. The Morgan fingerprint density at radius 3 is 1.69 bits per heavy atom. The molecule has 0 aromatic heterocycles. The third kappa shape index (κ3) is 3.91. The van der Waals surface area contributed by atoms with Crippen LogP contribution in [0.5, 0.6) is 0 Å². The van der Waals surface area contributed by atoms with Crippen LogP contribution in [0.15, 0.2) is 200 Å². The highest BCUT2D eigenvalue weighted by Gasteiger charge is 2.53. The average molecular weight is 661 g/mol. The normalized spacial score (nSPS) is 14.2. The van der Waals surface area contributed by atoms with Gasteiger partial charge in [-0.05, 0) is 86.3 Å². The van der Waals surface area contributed by atoms with Crippen molar-refractivity contribution < 1.29 is 0 Å². The summed E-state index contributed by atoms with van der Waals surface area (Å²) in [6.45, 7) is -0.0367. The molecule has 0 bridgehead atoms. The lowest BCUT2D eigenvalue weighted by Gasteiger charge is -2.53. The van der Waals surface area contributed by atoms with Crippen LogP contribution < -0.4 is 20.6 Å². The molecule has 0 spiro atoms. The summed E-state index contributed by atoms with van der Waals surface area (Å²) in [6.07, 6.45) is 0. The first-order chi connectivity index (χ1) is 25.8. The Morgan fingerprint density at radius 1 is 0.404 bits per heavy atom. The topological polar surface area (TPSA) is 6.48 Å². The Hall–Kier alpha value is -6.58. The lowest BCUT2D eigenvalue weighted by molar-refractivity contribution is 0.734. The number of fused-ring (bicyclic) bond motifs is 6. The maximum Gasteiger partial charge on any atom is 0.333 e. The fraction of sp³-hybridized carbons (Fsp3) is 0.0204. The van der Waals surface area contributed by atoms with Crippen LogP contribution in [0.2, 0.25) is 0 Å². The van der Waals surface area contributed by atoms with Crippen molar-refractivity contribution in [3.05, 3.63) is 222 Å². The molecule has 0 atom stereocenters. The van der Waals surface area contributed by atoms with Gasteiger partial charge in [0.05, 0.1) is 5.41 Å². The van der Waals surface area contributed by atoms with Gasteiger partial charge in [-0.1, -0.05) is 164 Å². The van der Waals surface area contributed by atoms with Crippen LogP contribution in [-0.2, 0) is 5.41 Å². The number of rotatable bonds is 4. The van der Waals surface area contributed by atoms with Gasteiger partial charge in [0.1, 0.15) is 0 Å². The highest BCUT2D eigenvalue weighted by Crippen LogP contribution is 2.60. The molecule has 3 aliphatic heterocycles. The highest BCUT2D eigenvalue weighted by atomic mass is 15.2. The van der Waals surface area contributed by atoms with Crippen LogP contribution in [0.3, 0.4) is 0 Å². The number of para-hydroxylation sites is 4. The first-order valence-corrected chi connectivity index (χ1v) is 18.1. The van der Waals surface area contributed by atoms with E-state index in [0.717, 1.165) is 5.69 Å². The van der Waals surface area contributed by atoms with Gasteiger partial charge in [-0.3, -0.25) is 0 Å². The average Bonchev–Trinajstić information content (AvgIpc) is 3.23. The van der Waals surface area contributed by atoms with Gasteiger partial charge in [-0.25, -0.2) is 0 Å². The minimum Gasteiger partial charge on any atom is -0.376 e. The molecule has 0 N–H and O–H groups in total. The van der Waals surface area contributed by atoms with E-state index in [2.05, 4.69) is 210 Å². The van der Waals surface area contributed by atoms with Crippen LogP contribution in [-0.4, -0.2) is 6.85 Å². The maximum atomic E-state index is 2.68. The van der Waals surface area contributed by atoms with Crippen LogP contribution in [0.1, 0.15) is 22.3 Å². The van der Waals surface area contributed by atoms with Crippen molar-refractivity contribution in [2.75, 3.05) is 9.71 Å². The molecular weight excluding hydrogens is 627 g/mol. The molecule has 52 heavy (non-hydrogen) atoms. The van der Waals surface area contributed by atoms with Crippen LogP contribution in [0.4, 0.5) is 28.4 Å². The smallest absolute Gasteiger partial charge is 0.333 e. The van der Waals surface area contributed by atoms with Crippen molar-refractivity contribution in [3.8, 4) is 22.3 Å². The van der Waals surface area contributed by atoms with Gasteiger partial charge in [0.25, 0.3) is 0 Å². The second-order valence-corrected chi connectivity index (χ2v) is 14.0. The number of hydrogen-bond donors (Lipinski definition) is 0. The Labute approximate surface area is 305 Å². The summed E-state index contributed by atoms with van der Waals surface area (Å²) >= 11 is 0. The molecule has 0 saturated heterocycles. The first-order valence-electron chi connectivity index (χ1n) is 18.1. The molecule has 8 aromatic carbocycles. The molecule has 3 heterocycles. The Balaban J connectivity index is 1.32. The fourth-order valence-electron chi connectivity index (χ4n) is 9.48. The number of hydrogen-bond acceptors (Lipinski definition) is 2. The van der Waals surface area contributed by atoms with E-state index >= 15 is 0 Å². The maximum absolute atomic E-state index is 2.68. The van der Waals surface area contributed by atoms with E-state index in [0.29, 0.717) is 0 Å². The monoisotopic (exact) mass is 660 g/mol. The summed E-state index contributed by atoms with van der Waals surface area (Å²) in [5.74, 6) is 0. The quantitative estimate of drug-likeness (QED) is 0.173. The molecule has 0 amide bonds. The van der Waals surface area contributed by atoms with E-state index in [4.69, 9.17) is 0 Å². The minimum absolute atomic E-state index is 0.0367. The molecule has 0 fully saturated rings. The van der Waals surface area contributed by atoms with Crippen molar-refractivity contribution in [2.24, 2.45) is 0 Å². The summed E-state index contributed by atoms with van der Waals surface area (Å²) < 4.78 is 0. The molecular formula is C49H33BN2. The zero-order valence-electron chi connectivity index (χ0n) is 28.5. The summed E-state index contributed by atoms with van der Waals surface area (Å²) in [5, 5.41) is 0. The molecule has 0 radical (unpaired) electrons. The van der Waals surface area contributed by atoms with Crippen molar-refractivity contribution in [2.45, 2.75) is 5.41 Å². The van der Waals surface area contributed by atoms with Gasteiger partial charge in [0.2, 0.25) is 0 Å². The Kier molecular flexibility index (Phi) is 6.29. The lowest BCUT2D eigenvalue weighted by atomic mass is 9.42. The number of anilines is 5. The van der Waals surface area contributed by atoms with E-state index in [9.17, 15) is 0 Å². The van der Waals surface area contributed by atoms with Gasteiger partial charge < -0.3 is 9.71 Å². The number of nitrogens with zero attached hydrogens (tertiary/aromatic N) is 2. The lowest BCUT2D eigenvalue weighted by Crippen LogP contribution is -2.63. The third-order valence-electron chi connectivity index (χ3n) is 11.5. The summed E-state index contributed by atoms with van der Waals surface area (Å²) in [7, 11) is 0. The first kappa shape index (κ1) is 29.2. The van der Waals surface area contributed by atoms with E-state index in [1.165, 1.54) is 78.2 Å². The highest BCUT2D eigenvalue weighted by molar-refractivity contribution is 6.93. The summed E-state index contributed by atoms with van der Waals surface area (Å²) in [5.41, 5.74) is 18.4. The van der Waals surface area contributed by atoms with Crippen molar-refractivity contribution in [1.29, 1.82) is 0 Å². The number of benzene rings is 8. The van der Waals surface area contributed by atoms with Gasteiger partial charge >= 0.3 is 6.85 Å². The predicted octanol–water partition coefficient (Wildman–Crippen LogP) is 10.8. The van der Waals surface area contributed by atoms with Crippen LogP contribution >= 0.6 is 0 Å². The molecule has 2 nitrogen and oxygen atoms in total. The molecule has 0 aliphatic carbocycles. The third-order valence-corrected chi connectivity index (χ3v) is 11.5. The molecule has 0 saturated carbocycles. The SMILES string of the molecule is c1ccc(-c2cc3c4c(c2)N(c2ccccc2)c2ccccc2B4N2c4ccccc4C(c4ccccc4)(c4ccccc4)c4cccc-3c42)cc1. The van der Waals surface area contributed by atoms with Gasteiger partial charge in [-0.2, -0.15) is 0 Å². The van der Waals surface area contributed by atoms with E-state index in [-0.39, 0.29) is 6.85 Å². The standard InChI is InChI=1S/C49H33BN2/c1-5-18-34(19-6-1)35-32-40-39-26-17-28-42-48(39)52(50-43-29-14-16-31-45(43)51(46(33-35)47(40)50)38-24-11-4-12-25-38)44-30-15-13-27-41(44)49(42,36-20-7-2-8-21-36)37-22-9-3-10-23-37/h1-33H. The van der Waals surface area contributed by atoms with Gasteiger partial charge in [0, 0.05) is 34.0 Å². The zero-order chi connectivity index (χ0) is 34.2. The molecule has 11 rings (SSSR count). The molecule has 8 aromatic rings. The van der Waals surface area contributed by atoms with Crippen molar-refractivity contribution in [1.82, 2.24) is 0 Å². The van der Waals surface area contributed by atoms with Gasteiger partial charge in [-0.15, -0.1) is 0 Å². The second kappa shape index (κ2) is 11.2.